The van der Waals surface area contributed by atoms with E-state index in [1.807, 2.05) is 0 Å². The summed E-state index contributed by atoms with van der Waals surface area (Å²) in [6.45, 7) is 5.37. The Labute approximate surface area is 150 Å². The van der Waals surface area contributed by atoms with Crippen molar-refractivity contribution in [1.82, 2.24) is 15.1 Å². The molecule has 150 valence electrons. The predicted octanol–water partition coefficient (Wildman–Crippen LogP) is 1.77. The van der Waals surface area contributed by atoms with Crippen LogP contribution in [0.2, 0.25) is 0 Å². The molecular formula is C16H26F3N3O4. The summed E-state index contributed by atoms with van der Waals surface area (Å²) in [5, 5.41) is 2.58. The minimum Gasteiger partial charge on any atom is -0.444 e. The number of amides is 3. The molecule has 1 aliphatic rings. The van der Waals surface area contributed by atoms with Crippen molar-refractivity contribution in [1.29, 1.82) is 0 Å². The fourth-order valence-corrected chi connectivity index (χ4v) is 2.36. The van der Waals surface area contributed by atoms with Gasteiger partial charge < -0.3 is 19.9 Å². The molecule has 0 saturated carbocycles. The molecule has 0 spiro atoms. The Morgan fingerprint density at radius 2 is 1.92 bits per heavy atom. The number of carbonyl (C=O) groups excluding carboxylic acids is 3. The van der Waals surface area contributed by atoms with E-state index in [-0.39, 0.29) is 19.5 Å². The van der Waals surface area contributed by atoms with Crippen LogP contribution in [0.25, 0.3) is 0 Å². The van der Waals surface area contributed by atoms with Crippen molar-refractivity contribution < 1.29 is 32.3 Å². The Hall–Kier alpha value is -2.00. The van der Waals surface area contributed by atoms with Gasteiger partial charge in [-0.1, -0.05) is 0 Å². The van der Waals surface area contributed by atoms with E-state index in [4.69, 9.17) is 4.74 Å². The van der Waals surface area contributed by atoms with Crippen LogP contribution >= 0.6 is 0 Å². The van der Waals surface area contributed by atoms with Crippen molar-refractivity contribution in [2.75, 3.05) is 26.7 Å². The van der Waals surface area contributed by atoms with Crippen LogP contribution in [-0.2, 0) is 14.3 Å². The van der Waals surface area contributed by atoms with Crippen LogP contribution in [0.1, 0.15) is 34.1 Å². The maximum absolute atomic E-state index is 12.4. The molecule has 0 aromatic carbocycles. The highest BCUT2D eigenvalue weighted by atomic mass is 19.4. The molecule has 1 heterocycles. The molecule has 0 aromatic heterocycles. The smallest absolute Gasteiger partial charge is 0.410 e. The SMILES string of the molecule is C[C@H](CNC(=O)[C@H]1CC(=O)N(CC(F)(F)F)C1)N(C)C(=O)OC(C)(C)C. The molecular weight excluding hydrogens is 355 g/mol. The lowest BCUT2D eigenvalue weighted by atomic mass is 10.1. The molecule has 1 aliphatic heterocycles. The van der Waals surface area contributed by atoms with Crippen LogP contribution in [0, 0.1) is 5.92 Å². The highest BCUT2D eigenvalue weighted by Gasteiger charge is 2.40. The van der Waals surface area contributed by atoms with Crippen LogP contribution in [0.4, 0.5) is 18.0 Å². The molecule has 0 aliphatic carbocycles. The minimum absolute atomic E-state index is 0.0958. The second kappa shape index (κ2) is 8.13. The lowest BCUT2D eigenvalue weighted by molar-refractivity contribution is -0.157. The standard InChI is InChI=1S/C16H26F3N3O4/c1-10(21(5)14(25)26-15(2,3)4)7-20-13(24)11-6-12(23)22(8-11)9-16(17,18)19/h10-11H,6-9H2,1-5H3,(H,20,24)/t10-,11+/m1/s1. The van der Waals surface area contributed by atoms with E-state index < -0.39 is 48.2 Å². The number of hydrogen-bond donors (Lipinski definition) is 1. The van der Waals surface area contributed by atoms with Gasteiger partial charge in [-0.25, -0.2) is 4.79 Å². The van der Waals surface area contributed by atoms with Gasteiger partial charge in [-0.05, 0) is 27.7 Å². The normalized spacial score (nSPS) is 19.3. The van der Waals surface area contributed by atoms with Gasteiger partial charge in [0.1, 0.15) is 12.1 Å². The van der Waals surface area contributed by atoms with E-state index in [1.54, 1.807) is 27.7 Å². The molecule has 3 amide bonds. The number of alkyl halides is 3. The van der Waals surface area contributed by atoms with Crippen molar-refractivity contribution >= 4 is 17.9 Å². The minimum atomic E-state index is -4.49. The molecule has 0 radical (unpaired) electrons. The Balaban J connectivity index is 2.49. The first kappa shape index (κ1) is 22.0. The second-order valence-corrected chi connectivity index (χ2v) is 7.48. The summed E-state index contributed by atoms with van der Waals surface area (Å²) in [6.07, 6.45) is -5.30. The molecule has 0 bridgehead atoms. The Kier molecular flexibility index (Phi) is 6.89. The first-order chi connectivity index (χ1) is 11.7. The van der Waals surface area contributed by atoms with E-state index in [0.717, 1.165) is 0 Å². The summed E-state index contributed by atoms with van der Waals surface area (Å²) in [6, 6.07) is -0.391. The number of likely N-dealkylation sites (N-methyl/N-ethyl adjacent to an activating group) is 1. The van der Waals surface area contributed by atoms with E-state index in [0.29, 0.717) is 4.90 Å². The van der Waals surface area contributed by atoms with E-state index in [2.05, 4.69) is 5.32 Å². The zero-order valence-corrected chi connectivity index (χ0v) is 15.6. The number of nitrogens with zero attached hydrogens (tertiary/aromatic N) is 2. The van der Waals surface area contributed by atoms with Gasteiger partial charge >= 0.3 is 12.3 Å². The van der Waals surface area contributed by atoms with E-state index >= 15 is 0 Å². The lowest BCUT2D eigenvalue weighted by Crippen LogP contribution is -2.46. The van der Waals surface area contributed by atoms with Crippen molar-refractivity contribution in [3.05, 3.63) is 0 Å². The zero-order valence-electron chi connectivity index (χ0n) is 15.6. The third-order valence-corrected chi connectivity index (χ3v) is 3.87. The second-order valence-electron chi connectivity index (χ2n) is 7.48. The van der Waals surface area contributed by atoms with Gasteiger partial charge in [0, 0.05) is 32.6 Å². The maximum Gasteiger partial charge on any atom is 0.410 e. The summed E-state index contributed by atoms with van der Waals surface area (Å²) in [4.78, 5) is 37.6. The molecule has 1 rings (SSSR count). The van der Waals surface area contributed by atoms with E-state index in [9.17, 15) is 27.6 Å². The summed E-state index contributed by atoms with van der Waals surface area (Å²) >= 11 is 0. The van der Waals surface area contributed by atoms with Crippen LogP contribution in [0.3, 0.4) is 0 Å². The monoisotopic (exact) mass is 381 g/mol. The third-order valence-electron chi connectivity index (χ3n) is 3.87. The molecule has 1 fully saturated rings. The van der Waals surface area contributed by atoms with Gasteiger partial charge in [0.2, 0.25) is 11.8 Å². The predicted molar refractivity (Wildman–Crippen MR) is 87.2 cm³/mol. The summed E-state index contributed by atoms with van der Waals surface area (Å²) < 4.78 is 42.4. The van der Waals surface area contributed by atoms with Crippen LogP contribution in [-0.4, -0.2) is 72.2 Å². The molecule has 1 saturated heterocycles. The Morgan fingerprint density at radius 3 is 2.42 bits per heavy atom. The first-order valence-electron chi connectivity index (χ1n) is 8.27. The van der Waals surface area contributed by atoms with Crippen LogP contribution in [0.5, 0.6) is 0 Å². The fraction of sp³-hybridized carbons (Fsp3) is 0.812. The number of carbonyl (C=O) groups is 3. The number of rotatable bonds is 5. The average molecular weight is 381 g/mol. The van der Waals surface area contributed by atoms with Gasteiger partial charge in [-0.2, -0.15) is 13.2 Å². The maximum atomic E-state index is 12.4. The van der Waals surface area contributed by atoms with Crippen molar-refractivity contribution in [3.63, 3.8) is 0 Å². The molecule has 26 heavy (non-hydrogen) atoms. The molecule has 0 aromatic rings. The Bertz CT molecular complexity index is 546. The van der Waals surface area contributed by atoms with Gasteiger partial charge in [-0.15, -0.1) is 0 Å². The topological polar surface area (TPSA) is 79.0 Å². The largest absolute Gasteiger partial charge is 0.444 e. The number of halogens is 3. The van der Waals surface area contributed by atoms with Gasteiger partial charge in [-0.3, -0.25) is 9.59 Å². The zero-order chi connectivity index (χ0) is 20.3. The molecule has 0 unspecified atom stereocenters. The number of likely N-dealkylation sites (tertiary alicyclic amines) is 1. The summed E-state index contributed by atoms with van der Waals surface area (Å²) in [5.74, 6) is -2.03. The molecule has 10 heteroatoms. The summed E-state index contributed by atoms with van der Waals surface area (Å²) in [5.41, 5.74) is -0.652. The van der Waals surface area contributed by atoms with Crippen LogP contribution in [0.15, 0.2) is 0 Å². The first-order valence-corrected chi connectivity index (χ1v) is 8.27. The molecule has 7 nitrogen and oxygen atoms in total. The molecule has 1 N–H and O–H groups in total. The quantitative estimate of drug-likeness (QED) is 0.787. The van der Waals surface area contributed by atoms with E-state index in [1.165, 1.54) is 11.9 Å². The Morgan fingerprint density at radius 1 is 1.35 bits per heavy atom. The average Bonchev–Trinajstić information content (AvgIpc) is 2.81. The van der Waals surface area contributed by atoms with Crippen molar-refractivity contribution in [2.24, 2.45) is 5.92 Å². The van der Waals surface area contributed by atoms with Crippen LogP contribution < -0.4 is 5.32 Å². The highest BCUT2D eigenvalue weighted by molar-refractivity contribution is 5.89. The van der Waals surface area contributed by atoms with Gasteiger partial charge in [0.15, 0.2) is 0 Å². The van der Waals surface area contributed by atoms with Gasteiger partial charge in [0.05, 0.1) is 5.92 Å². The fourth-order valence-electron chi connectivity index (χ4n) is 2.36. The highest BCUT2D eigenvalue weighted by Crippen LogP contribution is 2.24. The number of ether oxygens (including phenoxy) is 1. The number of hydrogen-bond acceptors (Lipinski definition) is 4. The third kappa shape index (κ3) is 7.09. The van der Waals surface area contributed by atoms with Crippen molar-refractivity contribution in [2.45, 2.75) is 51.9 Å². The van der Waals surface area contributed by atoms with Gasteiger partial charge in [0.25, 0.3) is 0 Å². The molecule has 2 atom stereocenters. The lowest BCUT2D eigenvalue weighted by Gasteiger charge is -2.29. The number of nitrogens with one attached hydrogen (secondary N) is 1. The van der Waals surface area contributed by atoms with Crippen molar-refractivity contribution in [3.8, 4) is 0 Å². The summed E-state index contributed by atoms with van der Waals surface area (Å²) in [7, 11) is 1.52.